The maximum atomic E-state index is 12.3. The van der Waals surface area contributed by atoms with Crippen LogP contribution in [-0.4, -0.2) is 21.8 Å². The Balaban J connectivity index is 1.32. The highest BCUT2D eigenvalue weighted by atomic mass is 32.2. The van der Waals surface area contributed by atoms with Crippen molar-refractivity contribution in [1.29, 1.82) is 0 Å². The molecule has 0 radical (unpaired) electrons. The average Bonchev–Trinajstić information content (AvgIpc) is 3.20. The van der Waals surface area contributed by atoms with Crippen molar-refractivity contribution < 1.29 is 14.0 Å². The fourth-order valence-corrected chi connectivity index (χ4v) is 3.90. The van der Waals surface area contributed by atoms with E-state index in [0.717, 1.165) is 27.5 Å². The van der Waals surface area contributed by atoms with Crippen molar-refractivity contribution in [1.82, 2.24) is 20.8 Å². The zero-order chi connectivity index (χ0) is 21.8. The van der Waals surface area contributed by atoms with Gasteiger partial charge in [0.25, 0.3) is 5.91 Å². The summed E-state index contributed by atoms with van der Waals surface area (Å²) in [6.45, 7) is 3.89. The first-order chi connectivity index (χ1) is 15.0. The van der Waals surface area contributed by atoms with Crippen molar-refractivity contribution >= 4 is 34.5 Å². The van der Waals surface area contributed by atoms with Gasteiger partial charge < -0.3 is 4.42 Å². The number of carbonyl (C=O) groups is 2. The number of carbonyl (C=O) groups excluding carboxylic acids is 2. The van der Waals surface area contributed by atoms with E-state index in [2.05, 4.69) is 20.8 Å². The van der Waals surface area contributed by atoms with Gasteiger partial charge in [0.05, 0.1) is 0 Å². The van der Waals surface area contributed by atoms with Crippen LogP contribution in [0.15, 0.2) is 70.2 Å². The Labute approximate surface area is 183 Å². The van der Waals surface area contributed by atoms with E-state index in [4.69, 9.17) is 4.42 Å². The summed E-state index contributed by atoms with van der Waals surface area (Å²) in [7, 11) is 0. The molecular weight excluding hydrogens is 412 g/mol. The van der Waals surface area contributed by atoms with Gasteiger partial charge in [-0.2, -0.15) is 0 Å². The largest absolute Gasteiger partial charge is 0.451 e. The molecule has 2 N–H and O–H groups in total. The topological polar surface area (TPSA) is 97.1 Å². The number of hydrazine groups is 1. The van der Waals surface area contributed by atoms with Gasteiger partial charge in [-0.1, -0.05) is 42.1 Å². The lowest BCUT2D eigenvalue weighted by molar-refractivity contribution is 0.0832. The second-order valence-corrected chi connectivity index (χ2v) is 7.92. The standard InChI is InChI=1S/C23H20N4O3S/c1-14-11-15(2)25-23(24-14)31-13-16-7-9-17(10-8-16)21(28)26-27-22(29)20-12-18-5-3-4-6-19(18)30-20/h3-12H,13H2,1-2H3,(H,26,28)(H,27,29). The number of hydrogen-bond acceptors (Lipinski definition) is 6. The van der Waals surface area contributed by atoms with Crippen LogP contribution in [0, 0.1) is 13.8 Å². The molecule has 0 saturated heterocycles. The number of nitrogens with one attached hydrogen (secondary N) is 2. The van der Waals surface area contributed by atoms with Gasteiger partial charge in [0.15, 0.2) is 10.9 Å². The molecule has 31 heavy (non-hydrogen) atoms. The second-order valence-electron chi connectivity index (χ2n) is 6.98. The van der Waals surface area contributed by atoms with Gasteiger partial charge in [-0.15, -0.1) is 0 Å². The molecule has 0 aliphatic heterocycles. The number of nitrogens with zero attached hydrogens (tertiary/aromatic N) is 2. The molecule has 2 amide bonds. The van der Waals surface area contributed by atoms with Crippen LogP contribution in [0.1, 0.15) is 37.9 Å². The SMILES string of the molecule is Cc1cc(C)nc(SCc2ccc(C(=O)NNC(=O)c3cc4ccccc4o3)cc2)n1. The van der Waals surface area contributed by atoms with Crippen molar-refractivity contribution in [3.63, 3.8) is 0 Å². The van der Waals surface area contributed by atoms with E-state index in [-0.39, 0.29) is 5.76 Å². The smallest absolute Gasteiger partial charge is 0.305 e. The molecule has 0 atom stereocenters. The first kappa shape index (κ1) is 20.6. The summed E-state index contributed by atoms with van der Waals surface area (Å²) < 4.78 is 5.49. The molecule has 2 aromatic carbocycles. The minimum atomic E-state index is -0.522. The summed E-state index contributed by atoms with van der Waals surface area (Å²) in [5.74, 6) is -0.122. The Morgan fingerprint density at radius 2 is 1.58 bits per heavy atom. The number of aryl methyl sites for hydroxylation is 2. The summed E-state index contributed by atoms with van der Waals surface area (Å²) in [4.78, 5) is 33.4. The van der Waals surface area contributed by atoms with E-state index in [1.54, 1.807) is 24.3 Å². The third kappa shape index (κ3) is 5.10. The van der Waals surface area contributed by atoms with Gasteiger partial charge in [0.1, 0.15) is 5.58 Å². The number of hydrogen-bond donors (Lipinski definition) is 2. The molecule has 0 spiro atoms. The Morgan fingerprint density at radius 3 is 2.29 bits per heavy atom. The van der Waals surface area contributed by atoms with E-state index in [1.165, 1.54) is 11.8 Å². The lowest BCUT2D eigenvalue weighted by Crippen LogP contribution is -2.41. The predicted molar refractivity (Wildman–Crippen MR) is 119 cm³/mol. The van der Waals surface area contributed by atoms with Crippen LogP contribution in [0.25, 0.3) is 11.0 Å². The van der Waals surface area contributed by atoms with E-state index < -0.39 is 11.8 Å². The summed E-state index contributed by atoms with van der Waals surface area (Å²) in [6, 6.07) is 18.0. The molecule has 4 aromatic rings. The van der Waals surface area contributed by atoms with Crippen molar-refractivity contribution in [3.05, 3.63) is 88.9 Å². The molecule has 0 aliphatic carbocycles. The second kappa shape index (κ2) is 9.01. The Bertz CT molecular complexity index is 1200. The number of thioether (sulfide) groups is 1. The van der Waals surface area contributed by atoms with E-state index in [0.29, 0.717) is 16.9 Å². The van der Waals surface area contributed by atoms with Gasteiger partial charge in [-0.3, -0.25) is 20.4 Å². The minimum Gasteiger partial charge on any atom is -0.451 e. The van der Waals surface area contributed by atoms with Gasteiger partial charge in [-0.05, 0) is 49.7 Å². The molecular formula is C23H20N4O3S. The predicted octanol–water partition coefficient (Wildman–Crippen LogP) is 4.21. The number of furan rings is 1. The molecule has 0 aliphatic rings. The van der Waals surface area contributed by atoms with Crippen molar-refractivity contribution in [2.45, 2.75) is 24.8 Å². The third-order valence-corrected chi connectivity index (χ3v) is 5.40. The number of amides is 2. The third-order valence-electron chi connectivity index (χ3n) is 4.48. The van der Waals surface area contributed by atoms with E-state index in [9.17, 15) is 9.59 Å². The fourth-order valence-electron chi connectivity index (χ4n) is 3.00. The van der Waals surface area contributed by atoms with Crippen molar-refractivity contribution in [2.75, 3.05) is 0 Å². The summed E-state index contributed by atoms with van der Waals surface area (Å²) in [5, 5.41) is 1.55. The maximum absolute atomic E-state index is 12.3. The van der Waals surface area contributed by atoms with Crippen molar-refractivity contribution in [2.24, 2.45) is 0 Å². The Morgan fingerprint density at radius 1 is 0.903 bits per heavy atom. The highest BCUT2D eigenvalue weighted by molar-refractivity contribution is 7.98. The van der Waals surface area contributed by atoms with Gasteiger partial charge >= 0.3 is 5.91 Å². The first-order valence-electron chi connectivity index (χ1n) is 9.61. The van der Waals surface area contributed by atoms with Crippen molar-refractivity contribution in [3.8, 4) is 0 Å². The number of para-hydroxylation sites is 1. The van der Waals surface area contributed by atoms with Crippen LogP contribution < -0.4 is 10.9 Å². The maximum Gasteiger partial charge on any atom is 0.305 e. The number of fused-ring (bicyclic) bond motifs is 1. The van der Waals surface area contributed by atoms with Crippen LogP contribution in [0.4, 0.5) is 0 Å². The fraction of sp³-hybridized carbons (Fsp3) is 0.130. The molecule has 2 aromatic heterocycles. The molecule has 2 heterocycles. The lowest BCUT2D eigenvalue weighted by atomic mass is 10.1. The number of benzene rings is 2. The molecule has 156 valence electrons. The van der Waals surface area contributed by atoms with Crippen LogP contribution in [0.3, 0.4) is 0 Å². The van der Waals surface area contributed by atoms with Crippen LogP contribution >= 0.6 is 11.8 Å². The molecule has 7 nitrogen and oxygen atoms in total. The zero-order valence-corrected chi connectivity index (χ0v) is 17.8. The monoisotopic (exact) mass is 432 g/mol. The summed E-state index contributed by atoms with van der Waals surface area (Å²) in [5.41, 5.74) is 8.74. The molecule has 0 unspecified atom stereocenters. The Hall–Kier alpha value is -3.65. The van der Waals surface area contributed by atoms with Gasteiger partial charge in [-0.25, -0.2) is 9.97 Å². The highest BCUT2D eigenvalue weighted by Crippen LogP contribution is 2.20. The molecule has 8 heteroatoms. The first-order valence-corrected chi connectivity index (χ1v) is 10.6. The summed E-state index contributed by atoms with van der Waals surface area (Å²) >= 11 is 1.54. The average molecular weight is 433 g/mol. The van der Waals surface area contributed by atoms with Gasteiger partial charge in [0, 0.05) is 28.1 Å². The molecule has 0 saturated carbocycles. The van der Waals surface area contributed by atoms with Gasteiger partial charge in [0.2, 0.25) is 0 Å². The van der Waals surface area contributed by atoms with Crippen LogP contribution in [-0.2, 0) is 5.75 Å². The highest BCUT2D eigenvalue weighted by Gasteiger charge is 2.13. The summed E-state index contributed by atoms with van der Waals surface area (Å²) in [6.07, 6.45) is 0. The molecule has 4 rings (SSSR count). The normalized spacial score (nSPS) is 10.8. The Kier molecular flexibility index (Phi) is 5.99. The van der Waals surface area contributed by atoms with Crippen LogP contribution in [0.5, 0.6) is 0 Å². The molecule has 0 bridgehead atoms. The number of rotatable bonds is 5. The lowest BCUT2D eigenvalue weighted by Gasteiger charge is -2.07. The number of aromatic nitrogens is 2. The van der Waals surface area contributed by atoms with Crippen LogP contribution in [0.2, 0.25) is 0 Å². The van der Waals surface area contributed by atoms with E-state index in [1.807, 2.05) is 50.2 Å². The minimum absolute atomic E-state index is 0.127. The quantitative estimate of drug-likeness (QED) is 0.279. The molecule has 0 fully saturated rings. The zero-order valence-electron chi connectivity index (χ0n) is 17.0. The van der Waals surface area contributed by atoms with E-state index >= 15 is 0 Å².